The first-order valence-electron chi connectivity index (χ1n) is 10.2. The highest BCUT2D eigenvalue weighted by Crippen LogP contribution is 2.22. The molecule has 1 N–H and O–H groups in total. The van der Waals surface area contributed by atoms with Crippen LogP contribution in [0.4, 0.5) is 0 Å². The molecule has 0 amide bonds. The van der Waals surface area contributed by atoms with Crippen molar-refractivity contribution in [2.75, 3.05) is 6.54 Å². The van der Waals surface area contributed by atoms with Crippen LogP contribution in [0.15, 0.2) is 54.6 Å². The monoisotopic (exact) mass is 415 g/mol. The number of unbranched alkanes of at least 4 members (excludes halogenated alkanes) is 5. The van der Waals surface area contributed by atoms with Gasteiger partial charge in [0.25, 0.3) is 0 Å². The highest BCUT2D eigenvalue weighted by molar-refractivity contribution is 5.85. The van der Waals surface area contributed by atoms with Crippen molar-refractivity contribution >= 4 is 12.4 Å². The molecule has 2 aromatic carbocycles. The van der Waals surface area contributed by atoms with Gasteiger partial charge >= 0.3 is 6.01 Å². The van der Waals surface area contributed by atoms with Crippen molar-refractivity contribution in [3.05, 3.63) is 60.2 Å². The standard InChI is InChI=1S/C22H29N5O.ClH/c1-2-3-4-5-6-10-16-23-18-19-12-11-15-21(17-19)28-22-24-25-26-27(22)20-13-8-7-9-14-20;/h7-9,11-15,17,23H,2-6,10,16,18H2,1H3;1H. The molecule has 1 heterocycles. The summed E-state index contributed by atoms with van der Waals surface area (Å²) < 4.78 is 7.51. The Morgan fingerprint density at radius 2 is 1.72 bits per heavy atom. The molecule has 6 nitrogen and oxygen atoms in total. The Bertz CT molecular complexity index is 825. The van der Waals surface area contributed by atoms with Gasteiger partial charge in [0, 0.05) is 6.54 Å². The number of nitrogens with zero attached hydrogens (tertiary/aromatic N) is 4. The second-order valence-electron chi connectivity index (χ2n) is 6.90. The molecule has 0 radical (unpaired) electrons. The quantitative estimate of drug-likeness (QED) is 0.405. The molecule has 0 aliphatic rings. The topological polar surface area (TPSA) is 64.9 Å². The molecule has 7 heteroatoms. The van der Waals surface area contributed by atoms with Crippen LogP contribution in [-0.2, 0) is 6.54 Å². The third-order valence-corrected chi connectivity index (χ3v) is 4.59. The van der Waals surface area contributed by atoms with E-state index in [1.54, 1.807) is 4.68 Å². The molecular formula is C22H30ClN5O. The van der Waals surface area contributed by atoms with E-state index in [2.05, 4.69) is 33.8 Å². The van der Waals surface area contributed by atoms with Gasteiger partial charge in [-0.05, 0) is 53.2 Å². The number of ether oxygens (including phenoxy) is 1. The fourth-order valence-electron chi connectivity index (χ4n) is 3.06. The minimum Gasteiger partial charge on any atom is -0.423 e. The lowest BCUT2D eigenvalue weighted by molar-refractivity contribution is 0.426. The lowest BCUT2D eigenvalue weighted by Crippen LogP contribution is -2.14. The zero-order valence-corrected chi connectivity index (χ0v) is 17.8. The molecular weight excluding hydrogens is 386 g/mol. The van der Waals surface area contributed by atoms with Crippen LogP contribution in [0.2, 0.25) is 0 Å². The highest BCUT2D eigenvalue weighted by atomic mass is 35.5. The molecule has 0 saturated carbocycles. The molecule has 0 aliphatic heterocycles. The van der Waals surface area contributed by atoms with Crippen molar-refractivity contribution in [1.29, 1.82) is 0 Å². The first kappa shape index (κ1) is 22.8. The summed E-state index contributed by atoms with van der Waals surface area (Å²) >= 11 is 0. The second kappa shape index (κ2) is 12.9. The Morgan fingerprint density at radius 1 is 0.931 bits per heavy atom. The van der Waals surface area contributed by atoms with Gasteiger partial charge in [0.1, 0.15) is 5.75 Å². The van der Waals surface area contributed by atoms with Crippen molar-refractivity contribution in [1.82, 2.24) is 25.5 Å². The molecule has 3 aromatic rings. The molecule has 0 unspecified atom stereocenters. The summed E-state index contributed by atoms with van der Waals surface area (Å²) in [5.41, 5.74) is 2.04. The number of aromatic nitrogens is 4. The molecule has 29 heavy (non-hydrogen) atoms. The zero-order valence-electron chi connectivity index (χ0n) is 17.0. The molecule has 0 bridgehead atoms. The predicted molar refractivity (Wildman–Crippen MR) is 118 cm³/mol. The van der Waals surface area contributed by atoms with Crippen LogP contribution < -0.4 is 10.1 Å². The Kier molecular flexibility index (Phi) is 10.2. The maximum absolute atomic E-state index is 5.93. The van der Waals surface area contributed by atoms with E-state index in [1.807, 2.05) is 48.5 Å². The van der Waals surface area contributed by atoms with Gasteiger partial charge in [0.05, 0.1) is 5.69 Å². The summed E-state index contributed by atoms with van der Waals surface area (Å²) in [5.74, 6) is 0.728. The van der Waals surface area contributed by atoms with Gasteiger partial charge in [-0.25, -0.2) is 0 Å². The summed E-state index contributed by atoms with van der Waals surface area (Å²) in [5, 5.41) is 15.3. The van der Waals surface area contributed by atoms with E-state index in [0.29, 0.717) is 6.01 Å². The molecule has 0 saturated heterocycles. The van der Waals surface area contributed by atoms with E-state index < -0.39 is 0 Å². The molecule has 156 valence electrons. The van der Waals surface area contributed by atoms with Crippen LogP contribution >= 0.6 is 12.4 Å². The minimum absolute atomic E-state index is 0. The molecule has 0 atom stereocenters. The van der Waals surface area contributed by atoms with Gasteiger partial charge < -0.3 is 10.1 Å². The number of hydrogen-bond acceptors (Lipinski definition) is 5. The summed E-state index contributed by atoms with van der Waals surface area (Å²) in [6.07, 6.45) is 7.89. The van der Waals surface area contributed by atoms with Crippen molar-refractivity contribution in [2.45, 2.75) is 52.0 Å². The molecule has 0 spiro atoms. The third-order valence-electron chi connectivity index (χ3n) is 4.59. The lowest BCUT2D eigenvalue weighted by Gasteiger charge is -2.09. The van der Waals surface area contributed by atoms with Gasteiger partial charge in [-0.15, -0.1) is 12.4 Å². The first-order valence-corrected chi connectivity index (χ1v) is 10.2. The summed E-state index contributed by atoms with van der Waals surface area (Å²) in [6, 6.07) is 18.1. The lowest BCUT2D eigenvalue weighted by atomic mass is 10.1. The third kappa shape index (κ3) is 7.48. The highest BCUT2D eigenvalue weighted by Gasteiger charge is 2.10. The van der Waals surface area contributed by atoms with Crippen LogP contribution in [-0.4, -0.2) is 26.8 Å². The van der Waals surface area contributed by atoms with E-state index in [4.69, 9.17) is 4.74 Å². The summed E-state index contributed by atoms with van der Waals surface area (Å²) in [6.45, 7) is 4.13. The predicted octanol–water partition coefficient (Wildman–Crippen LogP) is 5.33. The van der Waals surface area contributed by atoms with Gasteiger partial charge in [0.2, 0.25) is 0 Å². The molecule has 0 fully saturated rings. The van der Waals surface area contributed by atoms with Gasteiger partial charge in [-0.1, -0.05) is 74.5 Å². The van der Waals surface area contributed by atoms with Crippen LogP contribution in [0.1, 0.15) is 51.0 Å². The number of tetrazole rings is 1. The number of rotatable bonds is 12. The molecule has 1 aromatic heterocycles. The number of para-hydroxylation sites is 1. The zero-order chi connectivity index (χ0) is 19.4. The average molecular weight is 416 g/mol. The van der Waals surface area contributed by atoms with Crippen LogP contribution in [0.25, 0.3) is 5.69 Å². The summed E-state index contributed by atoms with van der Waals surface area (Å²) in [7, 11) is 0. The first-order chi connectivity index (χ1) is 13.9. The van der Waals surface area contributed by atoms with Crippen LogP contribution in [0.5, 0.6) is 11.8 Å². The Hall–Kier alpha value is -2.44. The van der Waals surface area contributed by atoms with Crippen molar-refractivity contribution in [2.24, 2.45) is 0 Å². The number of hydrogen-bond donors (Lipinski definition) is 1. The van der Waals surface area contributed by atoms with Gasteiger partial charge in [-0.3, -0.25) is 0 Å². The fraction of sp³-hybridized carbons (Fsp3) is 0.409. The minimum atomic E-state index is 0. The molecule has 0 aliphatic carbocycles. The van der Waals surface area contributed by atoms with E-state index in [-0.39, 0.29) is 12.4 Å². The second-order valence-corrected chi connectivity index (χ2v) is 6.90. The van der Waals surface area contributed by atoms with Crippen LogP contribution in [0, 0.1) is 0 Å². The van der Waals surface area contributed by atoms with Crippen molar-refractivity contribution in [3.8, 4) is 17.4 Å². The van der Waals surface area contributed by atoms with E-state index in [9.17, 15) is 0 Å². The average Bonchev–Trinajstić information content (AvgIpc) is 3.19. The smallest absolute Gasteiger partial charge is 0.345 e. The number of benzene rings is 2. The Labute approximate surface area is 179 Å². The van der Waals surface area contributed by atoms with Crippen molar-refractivity contribution < 1.29 is 4.74 Å². The Morgan fingerprint density at radius 3 is 2.55 bits per heavy atom. The van der Waals surface area contributed by atoms with E-state index >= 15 is 0 Å². The SMILES string of the molecule is CCCCCCCCNCc1cccc(Oc2nnnn2-c2ccccc2)c1.Cl. The van der Waals surface area contributed by atoms with E-state index in [0.717, 1.165) is 24.5 Å². The number of halogens is 1. The van der Waals surface area contributed by atoms with Crippen molar-refractivity contribution in [3.63, 3.8) is 0 Å². The normalized spacial score (nSPS) is 10.5. The van der Waals surface area contributed by atoms with Crippen LogP contribution in [0.3, 0.4) is 0 Å². The Balaban J connectivity index is 0.00000300. The number of nitrogens with one attached hydrogen (secondary N) is 1. The van der Waals surface area contributed by atoms with Gasteiger partial charge in [0.15, 0.2) is 0 Å². The largest absolute Gasteiger partial charge is 0.423 e. The fourth-order valence-corrected chi connectivity index (χ4v) is 3.06. The summed E-state index contributed by atoms with van der Waals surface area (Å²) in [4.78, 5) is 0. The molecule has 3 rings (SSSR count). The van der Waals surface area contributed by atoms with E-state index in [1.165, 1.54) is 44.1 Å². The maximum atomic E-state index is 5.93. The maximum Gasteiger partial charge on any atom is 0.345 e. The van der Waals surface area contributed by atoms with Gasteiger partial charge in [-0.2, -0.15) is 4.68 Å².